The van der Waals surface area contributed by atoms with Crippen molar-refractivity contribution in [3.05, 3.63) is 261 Å². The van der Waals surface area contributed by atoms with Gasteiger partial charge in [-0.25, -0.2) is 13.2 Å². The highest BCUT2D eigenvalue weighted by atomic mass is 35.5. The Morgan fingerprint density at radius 2 is 0.673 bits per heavy atom. The number of nitrogens with one attached hydrogen (secondary N) is 5. The molecule has 5 N–H and O–H groups in total. The van der Waals surface area contributed by atoms with Gasteiger partial charge in [0.2, 0.25) is 0 Å². The molecule has 0 saturated carbocycles. The van der Waals surface area contributed by atoms with Gasteiger partial charge in [-0.1, -0.05) is 163 Å². The van der Waals surface area contributed by atoms with Gasteiger partial charge in [0.15, 0.2) is 28.5 Å². The molecule has 47 heteroatoms. The molecule has 0 radical (unpaired) electrons. The van der Waals surface area contributed by atoms with Crippen molar-refractivity contribution in [2.75, 3.05) is 111 Å². The van der Waals surface area contributed by atoms with Crippen molar-refractivity contribution in [2.45, 2.75) is 213 Å². The number of halogens is 22. The Labute approximate surface area is 860 Å². The summed E-state index contributed by atoms with van der Waals surface area (Å²) in [5.74, 6) is -6.20. The molecule has 4 fully saturated rings. The number of likely N-dealkylation sites (N-methyl/N-ethyl adjacent to an activating group) is 1. The maximum absolute atomic E-state index is 14.1. The van der Waals surface area contributed by atoms with Crippen LogP contribution in [0.1, 0.15) is 232 Å². The number of hydrogen-bond donors (Lipinski definition) is 5. The van der Waals surface area contributed by atoms with Crippen molar-refractivity contribution in [3.8, 4) is 0 Å². The Kier molecular flexibility index (Phi) is 43.4. The average molecular weight is 2170 g/mol. The minimum Gasteiger partial charge on any atom is -0.332 e. The van der Waals surface area contributed by atoms with Crippen LogP contribution < -0.4 is 0 Å². The fourth-order valence-electron chi connectivity index (χ4n) is 17.0. The maximum atomic E-state index is 14.1. The standard InChI is InChI=1S/2C21H26ClF3N4O.C20H24F4N4O.C19H20ClF5N4O.C19H24ClF3N4O/c1-14-6-7-17(22)16(11-14)13-29(10-9-28-8-4-3-5-15(28)2)20(30)18-12-19(27-26-18)21(23,24)25;1-15-6-7-16(17(22)12-15)14-29(11-10-28-8-4-2-3-5-9-28)20(30)18-13-19(27-26-18)21(23,24)25;1-14-6-4-5-9-27(14)10-11-28(13-15-7-2-3-8-16(15)21)19(29)17-12-18(26-25-17)20(22,23)24;20-14-4-2-1-3-13(14)12-29(10-9-28-7-5-18(21,22)6-8-28)17(30)15-11-16(27-26-15)19(23,24)25;1-4-26(13(2)3)9-10-27(12-14-7-5-6-8-15(14)20)18(28)16-11-17(25-24-16)19(21,22)23/h6-7,11-12,15H,3-5,8-10,13H2,1-2H3,(H,26,27);6-7,12-13H,2-5,8-11,14H2,1H3,(H,26,27);2-3,7-8,12,14H,4-6,9-11,13H2,1H3,(H,25,26);1-4,11H,5-10,12H2,(H,26,27);5-8,11,13H,4,9-10,12H2,1-3H3,(H,24,25). The second-order valence-electron chi connectivity index (χ2n) is 36.9. The van der Waals surface area contributed by atoms with Crippen molar-refractivity contribution >= 4 is 75.9 Å². The molecular weight excluding hydrogens is 2050 g/mol. The number of likely N-dealkylation sites (tertiary alicyclic amines) is 4. The second-order valence-corrected chi connectivity index (χ2v) is 38.5. The van der Waals surface area contributed by atoms with Crippen LogP contribution in [0.3, 0.4) is 0 Å². The molecule has 804 valence electrons. The maximum Gasteiger partial charge on any atom is 0.432 e. The summed E-state index contributed by atoms with van der Waals surface area (Å²) in [7, 11) is 0. The molecule has 5 aromatic heterocycles. The predicted molar refractivity (Wildman–Crippen MR) is 521 cm³/mol. The Balaban J connectivity index is 0.000000188. The monoisotopic (exact) mass is 2160 g/mol. The average Bonchev–Trinajstić information content (AvgIpc) is 1.73. The number of nitrogens with zero attached hydrogens (tertiary/aromatic N) is 15. The van der Waals surface area contributed by atoms with Crippen molar-refractivity contribution in [1.82, 2.24) is 100.0 Å². The van der Waals surface area contributed by atoms with Crippen molar-refractivity contribution < 1.29 is 103 Å². The smallest absolute Gasteiger partial charge is 0.332 e. The molecule has 0 bridgehead atoms. The third-order valence-corrected chi connectivity index (χ3v) is 27.1. The number of alkyl halides is 17. The zero-order valence-corrected chi connectivity index (χ0v) is 85.1. The largest absolute Gasteiger partial charge is 0.432 e. The molecule has 147 heavy (non-hydrogen) atoms. The SMILES string of the molecule is CC1CCCCN1CCN(Cc1ccccc1F)C(=O)c1cc(C(F)(F)F)[nH]n1.CCN(CCN(Cc1ccccc1Cl)C(=O)c1cc(C(F)(F)F)[nH]n1)C(C)C.Cc1ccc(CN(CCN2CCCCCC2)C(=O)c2cc(C(F)(F)F)[nH]n2)c(Cl)c1.Cc1ccc(Cl)c(CN(CCN2CCCCC2C)C(=O)c2cc(C(F)(F)F)[nH]n2)c1.O=C(c1cc(C(F)(F)F)[nH]n1)N(CCN1CCC(F)(F)CC1)Cc1ccccc1Cl. The van der Waals surface area contributed by atoms with Crippen LogP contribution in [0.2, 0.25) is 20.1 Å². The van der Waals surface area contributed by atoms with E-state index in [0.29, 0.717) is 108 Å². The molecule has 5 amide bonds. The van der Waals surface area contributed by atoms with Crippen LogP contribution in [0.25, 0.3) is 0 Å². The van der Waals surface area contributed by atoms with Crippen LogP contribution in [0.15, 0.2) is 140 Å². The van der Waals surface area contributed by atoms with E-state index in [-0.39, 0.29) is 106 Å². The number of H-pyrrole nitrogens is 5. The molecule has 10 aromatic rings. The summed E-state index contributed by atoms with van der Waals surface area (Å²) in [5, 5.41) is 29.2. The summed E-state index contributed by atoms with van der Waals surface area (Å²) >= 11 is 25.0. The van der Waals surface area contributed by atoms with Crippen LogP contribution in [0.5, 0.6) is 0 Å². The molecular formula is C100H120Cl4F18N20O5. The fraction of sp³-hybridized carbons (Fsp3) is 0.500. The van der Waals surface area contributed by atoms with Gasteiger partial charge in [0.1, 0.15) is 34.3 Å². The van der Waals surface area contributed by atoms with Gasteiger partial charge in [-0.2, -0.15) is 91.3 Å². The van der Waals surface area contributed by atoms with Crippen LogP contribution in [-0.4, -0.2) is 265 Å². The van der Waals surface area contributed by atoms with E-state index in [1.165, 1.54) is 49.8 Å². The predicted octanol–water partition coefficient (Wildman–Crippen LogP) is 22.8. The topological polar surface area (TPSA) is 261 Å². The Bertz CT molecular complexity index is 5870. The molecule has 9 heterocycles. The zero-order chi connectivity index (χ0) is 107. The van der Waals surface area contributed by atoms with Gasteiger partial charge < -0.3 is 34.3 Å². The molecule has 25 nitrogen and oxygen atoms in total. The van der Waals surface area contributed by atoms with E-state index in [1.807, 2.05) is 90.4 Å². The minimum absolute atomic E-state index is 0.0397. The molecule has 4 aliphatic rings. The number of aromatic nitrogens is 10. The quantitative estimate of drug-likeness (QED) is 0.0246. The van der Waals surface area contributed by atoms with E-state index < -0.39 is 101 Å². The number of rotatable bonds is 32. The number of amides is 5. The summed E-state index contributed by atoms with van der Waals surface area (Å²) in [6.07, 6.45) is -12.2. The normalized spacial score (nSPS) is 16.2. The van der Waals surface area contributed by atoms with E-state index in [4.69, 9.17) is 46.4 Å². The Morgan fingerprint density at radius 1 is 0.367 bits per heavy atom. The number of aryl methyl sites for hydroxylation is 2. The first-order chi connectivity index (χ1) is 69.3. The Hall–Kier alpha value is -10.8. The number of aromatic amines is 5. The third kappa shape index (κ3) is 36.3. The molecule has 14 rings (SSSR count). The highest BCUT2D eigenvalue weighted by Gasteiger charge is 2.42. The zero-order valence-electron chi connectivity index (χ0n) is 82.1. The van der Waals surface area contributed by atoms with E-state index in [1.54, 1.807) is 77.7 Å². The summed E-state index contributed by atoms with van der Waals surface area (Å²) in [5.41, 5.74) is -1.69. The first kappa shape index (κ1) is 118. The lowest BCUT2D eigenvalue weighted by molar-refractivity contribution is -0.142. The van der Waals surface area contributed by atoms with Crippen LogP contribution in [0.4, 0.5) is 79.0 Å². The molecule has 4 aliphatic heterocycles. The lowest BCUT2D eigenvalue weighted by Crippen LogP contribution is -2.44. The summed E-state index contributed by atoms with van der Waals surface area (Å²) < 4.78 is 234. The minimum atomic E-state index is -4.65. The number of piperidine rings is 3. The van der Waals surface area contributed by atoms with Gasteiger partial charge in [0.25, 0.3) is 35.5 Å². The fourth-order valence-corrected chi connectivity index (χ4v) is 17.8. The van der Waals surface area contributed by atoms with E-state index in [2.05, 4.69) is 58.9 Å². The lowest BCUT2D eigenvalue weighted by Gasteiger charge is -2.35. The first-order valence-electron chi connectivity index (χ1n) is 48.2. The molecule has 4 saturated heterocycles. The van der Waals surface area contributed by atoms with Crippen LogP contribution in [-0.2, 0) is 63.6 Å². The molecule has 5 aromatic carbocycles. The summed E-state index contributed by atoms with van der Waals surface area (Å²) in [6, 6.07) is 35.7. The number of carbonyl (C=O) groups excluding carboxylic acids is 5. The molecule has 2 unspecified atom stereocenters. The molecule has 0 spiro atoms. The van der Waals surface area contributed by atoms with Gasteiger partial charge in [0.05, 0.1) is 0 Å². The Morgan fingerprint density at radius 3 is 1.01 bits per heavy atom. The van der Waals surface area contributed by atoms with Crippen molar-refractivity contribution in [2.24, 2.45) is 0 Å². The van der Waals surface area contributed by atoms with Gasteiger partial charge in [0, 0.05) is 198 Å². The van der Waals surface area contributed by atoms with Crippen molar-refractivity contribution in [1.29, 1.82) is 0 Å². The van der Waals surface area contributed by atoms with Gasteiger partial charge in [-0.05, 0) is 171 Å². The number of carbonyl (C=O) groups is 5. The first-order valence-corrected chi connectivity index (χ1v) is 49.7. The van der Waals surface area contributed by atoms with Crippen molar-refractivity contribution in [3.63, 3.8) is 0 Å². The summed E-state index contributed by atoms with van der Waals surface area (Å²) in [4.78, 5) is 82.8. The number of benzene rings is 5. The highest BCUT2D eigenvalue weighted by molar-refractivity contribution is 6.32. The van der Waals surface area contributed by atoms with E-state index in [9.17, 15) is 103 Å². The number of hydrogen-bond acceptors (Lipinski definition) is 15. The van der Waals surface area contributed by atoms with Gasteiger partial charge in [-0.15, -0.1) is 0 Å². The van der Waals surface area contributed by atoms with Gasteiger partial charge in [-0.3, -0.25) is 64.2 Å². The lowest BCUT2D eigenvalue weighted by atomic mass is 10.0. The van der Waals surface area contributed by atoms with Crippen LogP contribution in [0, 0.1) is 19.7 Å². The highest BCUT2D eigenvalue weighted by Crippen LogP contribution is 2.37. The molecule has 2 atom stereocenters. The third-order valence-electron chi connectivity index (χ3n) is 25.7. The molecule has 0 aliphatic carbocycles. The van der Waals surface area contributed by atoms with E-state index in [0.717, 1.165) is 124 Å². The summed E-state index contributed by atoms with van der Waals surface area (Å²) in [6.45, 7) is 24.1. The van der Waals surface area contributed by atoms with Crippen LogP contribution >= 0.6 is 46.4 Å². The second kappa shape index (κ2) is 54.1. The van der Waals surface area contributed by atoms with Gasteiger partial charge >= 0.3 is 30.9 Å². The van der Waals surface area contributed by atoms with E-state index >= 15 is 0 Å².